The highest BCUT2D eigenvalue weighted by atomic mass is 16.3. The third kappa shape index (κ3) is 21.3. The van der Waals surface area contributed by atoms with Crippen molar-refractivity contribution in [1.29, 1.82) is 0 Å². The van der Waals surface area contributed by atoms with Crippen molar-refractivity contribution in [2.45, 2.75) is 245 Å². The maximum Gasteiger partial charge on any atom is 0.215 e. The normalized spacial score (nSPS) is 12.9. The number of hydrogen-bond acceptors (Lipinski definition) is 3. The smallest absolute Gasteiger partial charge is 0.215 e. The molecule has 0 saturated heterocycles. The molecular weight excluding hydrogens is 566 g/mol. The van der Waals surface area contributed by atoms with Crippen molar-refractivity contribution >= 4 is 11.6 Å². The van der Waals surface area contributed by atoms with Gasteiger partial charge in [0.1, 0.15) is 0 Å². The summed E-state index contributed by atoms with van der Waals surface area (Å²) in [6, 6.07) is 0. The number of hydrogen-bond donors (Lipinski definition) is 1. The first-order valence-electron chi connectivity index (χ1n) is 20.7. The van der Waals surface area contributed by atoms with Crippen molar-refractivity contribution in [3.63, 3.8) is 0 Å². The highest BCUT2D eigenvalue weighted by Crippen LogP contribution is 2.30. The Balaban J connectivity index is 4.17. The average molecular weight is 651 g/mol. The summed E-state index contributed by atoms with van der Waals surface area (Å²) in [5, 5.41) is 10.6. The molecule has 274 valence electrons. The van der Waals surface area contributed by atoms with Crippen molar-refractivity contribution in [2.75, 3.05) is 14.1 Å². The Bertz CT molecular complexity index is 655. The summed E-state index contributed by atoms with van der Waals surface area (Å²) in [5.74, 6) is 0.0260. The Morgan fingerprint density at radius 1 is 0.457 bits per heavy atom. The van der Waals surface area contributed by atoms with Crippen LogP contribution in [0.3, 0.4) is 0 Å². The SMILES string of the molecule is CCCCCCCCCCCCCCCCCC(=O)C(C)(C(=O)CCCCCCCCCCCCCCCCC)[N+](C)(C)C(C)O. The third-order valence-corrected chi connectivity index (χ3v) is 11.2. The van der Waals surface area contributed by atoms with Gasteiger partial charge in [-0.1, -0.05) is 194 Å². The maximum atomic E-state index is 13.6. The number of aliphatic hydroxyl groups excluding tert-OH is 1. The van der Waals surface area contributed by atoms with Crippen LogP contribution in [0.5, 0.6) is 0 Å². The highest BCUT2D eigenvalue weighted by Gasteiger charge is 2.54. The zero-order valence-electron chi connectivity index (χ0n) is 32.4. The third-order valence-electron chi connectivity index (χ3n) is 11.2. The summed E-state index contributed by atoms with van der Waals surface area (Å²) in [6.07, 6.45) is 39.0. The predicted octanol–water partition coefficient (Wildman–Crippen LogP) is 12.8. The molecule has 1 N–H and O–H groups in total. The fourth-order valence-electron chi connectivity index (χ4n) is 6.97. The minimum absolute atomic E-state index is 0.0130. The van der Waals surface area contributed by atoms with E-state index < -0.39 is 11.8 Å². The predicted molar refractivity (Wildman–Crippen MR) is 201 cm³/mol. The Hall–Kier alpha value is -0.740. The van der Waals surface area contributed by atoms with Crippen LogP contribution in [0.2, 0.25) is 0 Å². The molecular formula is C42H84NO3+. The number of aliphatic hydroxyl groups is 1. The lowest BCUT2D eigenvalue weighted by molar-refractivity contribution is -0.961. The van der Waals surface area contributed by atoms with Crippen molar-refractivity contribution in [2.24, 2.45) is 0 Å². The van der Waals surface area contributed by atoms with Crippen molar-refractivity contribution in [1.82, 2.24) is 0 Å². The first-order chi connectivity index (χ1) is 22.2. The van der Waals surface area contributed by atoms with E-state index in [4.69, 9.17) is 0 Å². The van der Waals surface area contributed by atoms with E-state index in [0.717, 1.165) is 25.7 Å². The van der Waals surface area contributed by atoms with Crippen LogP contribution in [0.25, 0.3) is 0 Å². The average Bonchev–Trinajstić information content (AvgIpc) is 3.03. The molecule has 0 aliphatic carbocycles. The highest BCUT2D eigenvalue weighted by molar-refractivity contribution is 6.09. The summed E-state index contributed by atoms with van der Waals surface area (Å²) in [5.41, 5.74) is -1.18. The molecule has 0 radical (unpaired) electrons. The van der Waals surface area contributed by atoms with Crippen LogP contribution in [-0.4, -0.2) is 47.0 Å². The van der Waals surface area contributed by atoms with Gasteiger partial charge >= 0.3 is 0 Å². The van der Waals surface area contributed by atoms with Crippen LogP contribution in [-0.2, 0) is 9.59 Å². The van der Waals surface area contributed by atoms with E-state index in [1.54, 1.807) is 13.8 Å². The molecule has 0 spiro atoms. The molecule has 0 aliphatic rings. The lowest BCUT2D eigenvalue weighted by atomic mass is 9.82. The van der Waals surface area contributed by atoms with E-state index in [2.05, 4.69) is 13.8 Å². The molecule has 0 heterocycles. The lowest BCUT2D eigenvalue weighted by Gasteiger charge is -2.46. The number of nitrogens with zero attached hydrogens (tertiary/aromatic N) is 1. The van der Waals surface area contributed by atoms with Gasteiger partial charge in [0.2, 0.25) is 17.1 Å². The van der Waals surface area contributed by atoms with Gasteiger partial charge in [0, 0.05) is 26.7 Å². The minimum atomic E-state index is -1.18. The maximum absolute atomic E-state index is 13.6. The molecule has 0 aliphatic heterocycles. The molecule has 0 saturated carbocycles. The van der Waals surface area contributed by atoms with Gasteiger partial charge in [-0.05, 0) is 12.8 Å². The fourth-order valence-corrected chi connectivity index (χ4v) is 6.97. The molecule has 0 rings (SSSR count). The standard InChI is InChI=1S/C42H84NO3/c1-7-9-11-13-15-17-19-21-23-25-27-29-31-33-35-37-40(45)42(4,43(5,6)39(3)44)41(46)38-36-34-32-30-28-26-24-22-20-18-16-14-12-10-8-2/h39,44H,7-38H2,1-6H3/q+1. The van der Waals surface area contributed by atoms with E-state index in [1.165, 1.54) is 167 Å². The molecule has 1 atom stereocenters. The van der Waals surface area contributed by atoms with Crippen LogP contribution in [0.15, 0.2) is 0 Å². The van der Waals surface area contributed by atoms with E-state index in [0.29, 0.717) is 12.8 Å². The number of unbranched alkanes of at least 4 members (excludes halogenated alkanes) is 28. The number of carbonyl (C=O) groups excluding carboxylic acids is 2. The number of carbonyl (C=O) groups is 2. The Morgan fingerprint density at radius 2 is 0.652 bits per heavy atom. The van der Waals surface area contributed by atoms with Crippen molar-refractivity contribution in [3.8, 4) is 0 Å². The van der Waals surface area contributed by atoms with Gasteiger partial charge in [0.05, 0.1) is 14.1 Å². The van der Waals surface area contributed by atoms with E-state index >= 15 is 0 Å². The Morgan fingerprint density at radius 3 is 0.848 bits per heavy atom. The van der Waals surface area contributed by atoms with E-state index in [1.807, 2.05) is 14.1 Å². The van der Waals surface area contributed by atoms with Gasteiger partial charge in [0.25, 0.3) is 0 Å². The lowest BCUT2D eigenvalue weighted by Crippen LogP contribution is -2.69. The van der Waals surface area contributed by atoms with Crippen molar-refractivity contribution < 1.29 is 19.2 Å². The summed E-state index contributed by atoms with van der Waals surface area (Å²) in [7, 11) is 3.69. The van der Waals surface area contributed by atoms with Gasteiger partial charge < -0.3 is 5.11 Å². The largest absolute Gasteiger partial charge is 0.345 e. The molecule has 46 heavy (non-hydrogen) atoms. The second-order valence-corrected chi connectivity index (χ2v) is 15.5. The van der Waals surface area contributed by atoms with Crippen LogP contribution in [0.4, 0.5) is 0 Å². The molecule has 0 aromatic carbocycles. The molecule has 4 nitrogen and oxygen atoms in total. The molecule has 4 heteroatoms. The van der Waals surface area contributed by atoms with Crippen LogP contribution in [0, 0.1) is 0 Å². The van der Waals surface area contributed by atoms with Crippen molar-refractivity contribution in [3.05, 3.63) is 0 Å². The quantitative estimate of drug-likeness (QED) is 0.0318. The first kappa shape index (κ1) is 45.3. The van der Waals surface area contributed by atoms with E-state index in [-0.39, 0.29) is 16.0 Å². The second kappa shape index (κ2) is 30.3. The zero-order valence-corrected chi connectivity index (χ0v) is 32.4. The molecule has 0 aromatic heterocycles. The van der Waals surface area contributed by atoms with Gasteiger partial charge in [-0.3, -0.25) is 14.1 Å². The summed E-state index contributed by atoms with van der Waals surface area (Å²) < 4.78 is 0.0160. The number of Topliss-reactive ketones (excluding diaryl/α,β-unsaturated/α-hetero) is 2. The summed E-state index contributed by atoms with van der Waals surface area (Å²) in [4.78, 5) is 27.2. The number of likely N-dealkylation sites (N-methyl/N-ethyl adjacent to an activating group) is 1. The molecule has 0 aromatic rings. The fraction of sp³-hybridized carbons (Fsp3) is 0.952. The monoisotopic (exact) mass is 651 g/mol. The van der Waals surface area contributed by atoms with Gasteiger partial charge in [-0.25, -0.2) is 0 Å². The number of rotatable bonds is 36. The summed E-state index contributed by atoms with van der Waals surface area (Å²) in [6.45, 7) is 8.07. The Kier molecular flexibility index (Phi) is 29.8. The van der Waals surface area contributed by atoms with E-state index in [9.17, 15) is 14.7 Å². The molecule has 0 fully saturated rings. The van der Waals surface area contributed by atoms with Crippen LogP contribution >= 0.6 is 0 Å². The minimum Gasteiger partial charge on any atom is -0.345 e. The zero-order chi connectivity index (χ0) is 34.4. The number of ketones is 2. The molecule has 0 bridgehead atoms. The summed E-state index contributed by atoms with van der Waals surface area (Å²) >= 11 is 0. The van der Waals surface area contributed by atoms with Gasteiger partial charge in [0.15, 0.2) is 6.23 Å². The van der Waals surface area contributed by atoms with Gasteiger partial charge in [-0.15, -0.1) is 0 Å². The molecule has 1 unspecified atom stereocenters. The van der Waals surface area contributed by atoms with Gasteiger partial charge in [-0.2, -0.15) is 0 Å². The Labute approximate surface area is 289 Å². The first-order valence-corrected chi connectivity index (χ1v) is 20.7. The van der Waals surface area contributed by atoms with Crippen LogP contribution < -0.4 is 0 Å². The topological polar surface area (TPSA) is 54.4 Å². The molecule has 0 amide bonds. The number of quaternary nitrogens is 1. The van der Waals surface area contributed by atoms with Crippen LogP contribution in [0.1, 0.15) is 233 Å². The second-order valence-electron chi connectivity index (χ2n) is 15.5.